The highest BCUT2D eigenvalue weighted by Crippen LogP contribution is 2.42. The fourth-order valence-electron chi connectivity index (χ4n) is 4.67. The molecule has 2 aliphatic heterocycles. The minimum atomic E-state index is -0.801. The second-order valence-electron chi connectivity index (χ2n) is 9.12. The number of carbonyl (C=O) groups is 2. The number of ketones is 1. The van der Waals surface area contributed by atoms with E-state index in [1.807, 2.05) is 20.8 Å². The lowest BCUT2D eigenvalue weighted by molar-refractivity contribution is -0.140. The van der Waals surface area contributed by atoms with E-state index >= 15 is 0 Å². The van der Waals surface area contributed by atoms with Crippen LogP contribution in [0.5, 0.6) is 17.2 Å². The van der Waals surface area contributed by atoms with Crippen LogP contribution < -0.4 is 14.2 Å². The Labute approximate surface area is 211 Å². The Morgan fingerprint density at radius 1 is 1.14 bits per heavy atom. The van der Waals surface area contributed by atoms with Gasteiger partial charge in [0.2, 0.25) is 0 Å². The molecule has 2 fully saturated rings. The number of carbonyl (C=O) groups excluding carboxylic acids is 2. The molecule has 0 saturated carbocycles. The number of rotatable bonds is 9. The summed E-state index contributed by atoms with van der Waals surface area (Å²) in [4.78, 5) is 28.0. The standard InChI is InChI=1S/C28H33NO7/c1-5-34-22-13-10-19(15-23(22)33-4)25-24(26(30)18-8-11-20(12-9-18)36-17(2)3)27(31)28(32)29(25)16-21-7-6-14-35-21/h8-13,15,17,21,25,30H,5-7,14,16H2,1-4H3/b26-24-. The molecule has 2 heterocycles. The second kappa shape index (κ2) is 11.0. The summed E-state index contributed by atoms with van der Waals surface area (Å²) in [5, 5.41) is 11.3. The van der Waals surface area contributed by atoms with Gasteiger partial charge < -0.3 is 29.0 Å². The van der Waals surface area contributed by atoms with Crippen LogP contribution in [0, 0.1) is 0 Å². The third-order valence-corrected chi connectivity index (χ3v) is 6.27. The summed E-state index contributed by atoms with van der Waals surface area (Å²) in [7, 11) is 1.53. The van der Waals surface area contributed by atoms with E-state index in [1.165, 1.54) is 12.0 Å². The van der Waals surface area contributed by atoms with E-state index in [0.717, 1.165) is 12.8 Å². The van der Waals surface area contributed by atoms with Gasteiger partial charge in [-0.05, 0) is 75.6 Å². The first kappa shape index (κ1) is 25.6. The molecular formula is C28H33NO7. The molecule has 2 saturated heterocycles. The monoisotopic (exact) mass is 495 g/mol. The van der Waals surface area contributed by atoms with Crippen molar-refractivity contribution in [1.29, 1.82) is 0 Å². The molecule has 8 nitrogen and oxygen atoms in total. The van der Waals surface area contributed by atoms with E-state index in [9.17, 15) is 14.7 Å². The molecule has 0 radical (unpaired) electrons. The van der Waals surface area contributed by atoms with Crippen molar-refractivity contribution in [1.82, 2.24) is 4.90 Å². The molecule has 4 rings (SSSR count). The molecular weight excluding hydrogens is 462 g/mol. The smallest absolute Gasteiger partial charge is 0.295 e. The van der Waals surface area contributed by atoms with Crippen LogP contribution in [0.15, 0.2) is 48.0 Å². The summed E-state index contributed by atoms with van der Waals surface area (Å²) in [6.07, 6.45) is 1.55. The zero-order chi connectivity index (χ0) is 25.8. The minimum Gasteiger partial charge on any atom is -0.507 e. The number of methoxy groups -OCH3 is 1. The number of aliphatic hydroxyl groups excluding tert-OH is 1. The Bertz CT molecular complexity index is 1130. The van der Waals surface area contributed by atoms with Gasteiger partial charge in [-0.25, -0.2) is 0 Å². The molecule has 2 aromatic rings. The molecule has 0 aliphatic carbocycles. The Morgan fingerprint density at radius 2 is 1.89 bits per heavy atom. The number of nitrogens with zero attached hydrogens (tertiary/aromatic N) is 1. The van der Waals surface area contributed by atoms with Crippen molar-refractivity contribution in [3.63, 3.8) is 0 Å². The first-order chi connectivity index (χ1) is 17.3. The van der Waals surface area contributed by atoms with E-state index in [1.54, 1.807) is 42.5 Å². The number of ether oxygens (including phenoxy) is 4. The lowest BCUT2D eigenvalue weighted by Gasteiger charge is -2.28. The predicted molar refractivity (Wildman–Crippen MR) is 134 cm³/mol. The molecule has 0 spiro atoms. The summed E-state index contributed by atoms with van der Waals surface area (Å²) in [6, 6.07) is 11.3. The van der Waals surface area contributed by atoms with Crippen LogP contribution in [-0.2, 0) is 14.3 Å². The number of hydrogen-bond donors (Lipinski definition) is 1. The highest BCUT2D eigenvalue weighted by atomic mass is 16.5. The molecule has 0 bridgehead atoms. The van der Waals surface area contributed by atoms with Crippen molar-refractivity contribution < 1.29 is 33.6 Å². The van der Waals surface area contributed by atoms with Crippen LogP contribution >= 0.6 is 0 Å². The van der Waals surface area contributed by atoms with Crippen LogP contribution in [-0.4, -0.2) is 60.8 Å². The molecule has 2 aromatic carbocycles. The first-order valence-corrected chi connectivity index (χ1v) is 12.3. The minimum absolute atomic E-state index is 0.00205. The maximum Gasteiger partial charge on any atom is 0.295 e. The number of aliphatic hydroxyl groups is 1. The lowest BCUT2D eigenvalue weighted by atomic mass is 9.94. The van der Waals surface area contributed by atoms with Crippen LogP contribution in [0.2, 0.25) is 0 Å². The first-order valence-electron chi connectivity index (χ1n) is 12.3. The molecule has 2 atom stereocenters. The molecule has 1 amide bonds. The summed E-state index contributed by atoms with van der Waals surface area (Å²) in [5.74, 6) is 0.0497. The van der Waals surface area contributed by atoms with Crippen molar-refractivity contribution >= 4 is 17.4 Å². The normalized spacial score (nSPS) is 21.3. The Balaban J connectivity index is 1.79. The third-order valence-electron chi connectivity index (χ3n) is 6.27. The molecule has 8 heteroatoms. The van der Waals surface area contributed by atoms with Crippen molar-refractivity contribution in [3.8, 4) is 17.2 Å². The van der Waals surface area contributed by atoms with Crippen LogP contribution in [0.3, 0.4) is 0 Å². The lowest BCUT2D eigenvalue weighted by Crippen LogP contribution is -2.36. The third kappa shape index (κ3) is 5.18. The summed E-state index contributed by atoms with van der Waals surface area (Å²) < 4.78 is 22.6. The maximum absolute atomic E-state index is 13.3. The number of hydrogen-bond acceptors (Lipinski definition) is 7. The van der Waals surface area contributed by atoms with Gasteiger partial charge in [0.1, 0.15) is 11.5 Å². The number of benzene rings is 2. The fourth-order valence-corrected chi connectivity index (χ4v) is 4.67. The van der Waals surface area contributed by atoms with Gasteiger partial charge in [-0.2, -0.15) is 0 Å². The van der Waals surface area contributed by atoms with E-state index in [4.69, 9.17) is 18.9 Å². The van der Waals surface area contributed by atoms with Crippen molar-refractivity contribution in [2.45, 2.75) is 51.9 Å². The van der Waals surface area contributed by atoms with E-state index < -0.39 is 17.7 Å². The zero-order valence-electron chi connectivity index (χ0n) is 21.2. The van der Waals surface area contributed by atoms with Crippen LogP contribution in [0.4, 0.5) is 0 Å². The maximum atomic E-state index is 13.3. The summed E-state index contributed by atoms with van der Waals surface area (Å²) in [6.45, 7) is 7.07. The second-order valence-corrected chi connectivity index (χ2v) is 9.12. The van der Waals surface area contributed by atoms with Crippen molar-refractivity contribution in [3.05, 3.63) is 59.2 Å². The van der Waals surface area contributed by atoms with Crippen molar-refractivity contribution in [2.75, 3.05) is 26.9 Å². The number of amides is 1. The quantitative estimate of drug-likeness (QED) is 0.311. The van der Waals surface area contributed by atoms with E-state index in [-0.39, 0.29) is 30.1 Å². The molecule has 36 heavy (non-hydrogen) atoms. The van der Waals surface area contributed by atoms with Gasteiger partial charge in [-0.1, -0.05) is 6.07 Å². The Morgan fingerprint density at radius 3 is 2.50 bits per heavy atom. The highest BCUT2D eigenvalue weighted by molar-refractivity contribution is 6.46. The molecule has 2 aliphatic rings. The number of Topliss-reactive ketones (excluding diaryl/α,β-unsaturated/α-hetero) is 1. The Hall–Kier alpha value is -3.52. The van der Waals surface area contributed by atoms with Gasteiger partial charge in [0.15, 0.2) is 11.5 Å². The van der Waals surface area contributed by atoms with Gasteiger partial charge in [-0.15, -0.1) is 0 Å². The largest absolute Gasteiger partial charge is 0.507 e. The SMILES string of the molecule is CCOc1ccc(C2/C(=C(/O)c3ccc(OC(C)C)cc3)C(=O)C(=O)N2CC2CCCO2)cc1OC. The predicted octanol–water partition coefficient (Wildman–Crippen LogP) is 4.48. The van der Waals surface area contributed by atoms with E-state index in [0.29, 0.717) is 41.6 Å². The van der Waals surface area contributed by atoms with Crippen molar-refractivity contribution in [2.24, 2.45) is 0 Å². The molecule has 192 valence electrons. The van der Waals surface area contributed by atoms with Gasteiger partial charge in [0.05, 0.1) is 37.5 Å². The average molecular weight is 496 g/mol. The average Bonchev–Trinajstić information content (AvgIpc) is 3.46. The van der Waals surface area contributed by atoms with Crippen LogP contribution in [0.1, 0.15) is 50.8 Å². The molecule has 0 aromatic heterocycles. The summed E-state index contributed by atoms with van der Waals surface area (Å²) >= 11 is 0. The van der Waals surface area contributed by atoms with Gasteiger partial charge in [-0.3, -0.25) is 9.59 Å². The van der Waals surface area contributed by atoms with E-state index in [2.05, 4.69) is 0 Å². The zero-order valence-corrected chi connectivity index (χ0v) is 21.2. The van der Waals surface area contributed by atoms with Gasteiger partial charge in [0, 0.05) is 18.7 Å². The highest BCUT2D eigenvalue weighted by Gasteiger charge is 2.47. The van der Waals surface area contributed by atoms with Crippen LogP contribution in [0.25, 0.3) is 5.76 Å². The number of likely N-dealkylation sites (tertiary alicyclic amines) is 1. The molecule has 1 N–H and O–H groups in total. The summed E-state index contributed by atoms with van der Waals surface area (Å²) in [5.41, 5.74) is 1.08. The Kier molecular flexibility index (Phi) is 7.84. The topological polar surface area (TPSA) is 94.5 Å². The molecule has 2 unspecified atom stereocenters. The fraction of sp³-hybridized carbons (Fsp3) is 0.429. The van der Waals surface area contributed by atoms with Gasteiger partial charge in [0.25, 0.3) is 11.7 Å². The van der Waals surface area contributed by atoms with Gasteiger partial charge >= 0.3 is 0 Å².